The molecular weight excluding hydrogens is 479 g/mol. The van der Waals surface area contributed by atoms with Crippen LogP contribution in [0.1, 0.15) is 48.7 Å². The smallest absolute Gasteiger partial charge is 0.338 e. The molecule has 1 atom stereocenters. The highest BCUT2D eigenvalue weighted by Gasteiger charge is 2.24. The van der Waals surface area contributed by atoms with E-state index < -0.39 is 11.8 Å². The van der Waals surface area contributed by atoms with E-state index in [9.17, 15) is 4.79 Å². The molecule has 4 aromatic rings. The zero-order valence-electron chi connectivity index (χ0n) is 22.1. The molecule has 0 spiro atoms. The molecule has 1 saturated heterocycles. The van der Waals surface area contributed by atoms with Crippen LogP contribution in [0.25, 0.3) is 22.0 Å². The van der Waals surface area contributed by atoms with Gasteiger partial charge in [0.25, 0.3) is 0 Å². The molecule has 7 heteroatoms. The van der Waals surface area contributed by atoms with E-state index in [4.69, 9.17) is 9.72 Å². The summed E-state index contributed by atoms with van der Waals surface area (Å²) >= 11 is 0. The molecule has 0 amide bonds. The first-order valence-electron chi connectivity index (χ1n) is 13.2. The Morgan fingerprint density at radius 1 is 1.11 bits per heavy atom. The van der Waals surface area contributed by atoms with E-state index in [0.29, 0.717) is 41.1 Å². The zero-order valence-corrected chi connectivity index (χ0v) is 22.1. The summed E-state index contributed by atoms with van der Waals surface area (Å²) in [5, 5.41) is 4.05. The quantitative estimate of drug-likeness (QED) is 0.275. The number of piperidine rings is 1. The third-order valence-corrected chi connectivity index (χ3v) is 7.47. The maximum atomic E-state index is 15.1. The predicted octanol–water partition coefficient (Wildman–Crippen LogP) is 6.80. The van der Waals surface area contributed by atoms with Crippen molar-refractivity contribution >= 4 is 28.4 Å². The summed E-state index contributed by atoms with van der Waals surface area (Å²) in [5.41, 5.74) is 4.08. The number of pyridine rings is 2. The number of anilines is 2. The first-order chi connectivity index (χ1) is 18.4. The Hall–Kier alpha value is -3.84. The molecule has 196 valence electrons. The zero-order chi connectivity index (χ0) is 26.6. The Morgan fingerprint density at radius 3 is 2.66 bits per heavy atom. The Balaban J connectivity index is 1.34. The van der Waals surface area contributed by atoms with Crippen LogP contribution in [0, 0.1) is 11.7 Å². The molecule has 3 heterocycles. The summed E-state index contributed by atoms with van der Waals surface area (Å²) in [6.45, 7) is 6.58. The van der Waals surface area contributed by atoms with Gasteiger partial charge in [-0.1, -0.05) is 25.1 Å². The minimum absolute atomic E-state index is 0.301. The molecule has 0 aliphatic carbocycles. The van der Waals surface area contributed by atoms with Gasteiger partial charge in [-0.05, 0) is 93.3 Å². The van der Waals surface area contributed by atoms with Gasteiger partial charge in [-0.25, -0.2) is 14.2 Å². The molecule has 0 radical (unpaired) electrons. The molecule has 2 aromatic carbocycles. The highest BCUT2D eigenvalue weighted by molar-refractivity contribution is 5.91. The number of benzene rings is 2. The summed E-state index contributed by atoms with van der Waals surface area (Å²) in [6, 6.07) is 18.0. The molecule has 38 heavy (non-hydrogen) atoms. The second-order valence-corrected chi connectivity index (χ2v) is 10.0. The van der Waals surface area contributed by atoms with Crippen molar-refractivity contribution in [3.05, 3.63) is 83.9 Å². The number of hydrogen-bond donors (Lipinski definition) is 1. The summed E-state index contributed by atoms with van der Waals surface area (Å²) in [7, 11) is 2.18. The van der Waals surface area contributed by atoms with Gasteiger partial charge >= 0.3 is 5.97 Å². The van der Waals surface area contributed by atoms with Crippen LogP contribution in [0.4, 0.5) is 15.9 Å². The van der Waals surface area contributed by atoms with Crippen LogP contribution in [0.3, 0.4) is 0 Å². The minimum atomic E-state index is -0.413. The Kier molecular flexibility index (Phi) is 7.65. The predicted molar refractivity (Wildman–Crippen MR) is 149 cm³/mol. The number of fused-ring (bicyclic) bond motifs is 1. The fourth-order valence-electron chi connectivity index (χ4n) is 5.10. The first kappa shape index (κ1) is 25.8. The van der Waals surface area contributed by atoms with E-state index in [1.165, 1.54) is 18.9 Å². The lowest BCUT2D eigenvalue weighted by Crippen LogP contribution is -2.32. The van der Waals surface area contributed by atoms with Crippen molar-refractivity contribution in [2.24, 2.45) is 5.92 Å². The van der Waals surface area contributed by atoms with Crippen molar-refractivity contribution in [1.82, 2.24) is 14.9 Å². The third-order valence-electron chi connectivity index (χ3n) is 7.47. The SMILES string of the molecule is CCOC(=O)c1cccc(-c2ccc(Nc3cc4nc(C(C)C5CCN(C)CC5)ccc4cn3)c(F)c2)c1. The maximum Gasteiger partial charge on any atom is 0.338 e. The van der Waals surface area contributed by atoms with E-state index in [0.717, 1.165) is 35.2 Å². The molecule has 0 bridgehead atoms. The standard InChI is InChI=1S/C31H33FN4O2/c1-4-38-31(37)24-7-5-6-22(16-24)23-8-11-28(26(32)17-23)35-30-18-29-25(19-33-30)9-10-27(34-29)20(2)21-12-14-36(3)15-13-21/h5-11,16-21H,4,12-15H2,1-3H3,(H,33,35). The van der Waals surface area contributed by atoms with Crippen molar-refractivity contribution in [3.63, 3.8) is 0 Å². The van der Waals surface area contributed by atoms with Gasteiger partial charge in [0.15, 0.2) is 0 Å². The van der Waals surface area contributed by atoms with E-state index >= 15 is 4.39 Å². The lowest BCUT2D eigenvalue weighted by atomic mass is 9.83. The lowest BCUT2D eigenvalue weighted by molar-refractivity contribution is 0.0526. The second kappa shape index (κ2) is 11.3. The fourth-order valence-corrected chi connectivity index (χ4v) is 5.10. The molecular formula is C31H33FN4O2. The molecule has 1 fully saturated rings. The van der Waals surface area contributed by atoms with Crippen molar-refractivity contribution in [2.45, 2.75) is 32.6 Å². The molecule has 2 aromatic heterocycles. The summed E-state index contributed by atoms with van der Waals surface area (Å²) in [5.74, 6) is 0.729. The average molecular weight is 513 g/mol. The molecule has 1 unspecified atom stereocenters. The third kappa shape index (κ3) is 5.68. The number of nitrogens with zero attached hydrogens (tertiary/aromatic N) is 3. The van der Waals surface area contributed by atoms with E-state index in [-0.39, 0.29) is 0 Å². The maximum absolute atomic E-state index is 15.1. The average Bonchev–Trinajstić information content (AvgIpc) is 2.94. The van der Waals surface area contributed by atoms with Gasteiger partial charge in [0, 0.05) is 29.3 Å². The van der Waals surface area contributed by atoms with Crippen LogP contribution in [-0.2, 0) is 4.74 Å². The normalized spacial score (nSPS) is 15.4. The number of esters is 1. The summed E-state index contributed by atoms with van der Waals surface area (Å²) < 4.78 is 20.2. The number of carbonyl (C=O) groups excluding carboxylic acids is 1. The number of carbonyl (C=O) groups is 1. The number of ether oxygens (including phenoxy) is 1. The van der Waals surface area contributed by atoms with Gasteiger partial charge in [0.2, 0.25) is 0 Å². The lowest BCUT2D eigenvalue weighted by Gasteiger charge is -2.32. The monoisotopic (exact) mass is 512 g/mol. The Bertz CT molecular complexity index is 1450. The van der Waals surface area contributed by atoms with Gasteiger partial charge < -0.3 is 15.0 Å². The molecule has 6 nitrogen and oxygen atoms in total. The summed E-state index contributed by atoms with van der Waals surface area (Å²) in [6.07, 6.45) is 4.13. The van der Waals surface area contributed by atoms with Crippen molar-refractivity contribution in [1.29, 1.82) is 0 Å². The van der Waals surface area contributed by atoms with Crippen LogP contribution < -0.4 is 5.32 Å². The van der Waals surface area contributed by atoms with Crippen LogP contribution in [0.15, 0.2) is 66.9 Å². The van der Waals surface area contributed by atoms with Crippen molar-refractivity contribution in [2.75, 3.05) is 32.1 Å². The first-order valence-corrected chi connectivity index (χ1v) is 13.2. The number of halogens is 1. The fraction of sp³-hybridized carbons (Fsp3) is 0.323. The number of rotatable bonds is 7. The second-order valence-electron chi connectivity index (χ2n) is 10.0. The van der Waals surface area contributed by atoms with Crippen LogP contribution in [0.2, 0.25) is 0 Å². The molecule has 0 saturated carbocycles. The topological polar surface area (TPSA) is 67.3 Å². The van der Waals surface area contributed by atoms with Crippen molar-refractivity contribution < 1.29 is 13.9 Å². The largest absolute Gasteiger partial charge is 0.462 e. The van der Waals surface area contributed by atoms with E-state index in [2.05, 4.69) is 41.3 Å². The van der Waals surface area contributed by atoms with E-state index in [1.54, 1.807) is 37.4 Å². The number of nitrogens with one attached hydrogen (secondary N) is 1. The number of hydrogen-bond acceptors (Lipinski definition) is 6. The summed E-state index contributed by atoms with van der Waals surface area (Å²) in [4.78, 5) is 23.9. The van der Waals surface area contributed by atoms with Gasteiger partial charge in [-0.2, -0.15) is 0 Å². The Labute approximate surface area is 222 Å². The van der Waals surface area contributed by atoms with Crippen molar-refractivity contribution in [3.8, 4) is 11.1 Å². The van der Waals surface area contributed by atoms with Crippen LogP contribution in [-0.4, -0.2) is 47.6 Å². The molecule has 5 rings (SSSR count). The highest BCUT2D eigenvalue weighted by atomic mass is 19.1. The molecule has 1 aliphatic rings. The van der Waals surface area contributed by atoms with E-state index in [1.807, 2.05) is 18.2 Å². The molecule has 1 N–H and O–H groups in total. The van der Waals surface area contributed by atoms with Crippen LogP contribution >= 0.6 is 0 Å². The number of likely N-dealkylation sites (tertiary alicyclic amines) is 1. The van der Waals surface area contributed by atoms with Gasteiger partial charge in [-0.15, -0.1) is 0 Å². The number of aromatic nitrogens is 2. The van der Waals surface area contributed by atoms with Gasteiger partial charge in [-0.3, -0.25) is 4.98 Å². The van der Waals surface area contributed by atoms with Gasteiger partial charge in [0.05, 0.1) is 23.4 Å². The minimum Gasteiger partial charge on any atom is -0.462 e. The molecule has 1 aliphatic heterocycles. The van der Waals surface area contributed by atoms with Crippen LogP contribution in [0.5, 0.6) is 0 Å². The highest BCUT2D eigenvalue weighted by Crippen LogP contribution is 2.32. The Morgan fingerprint density at radius 2 is 1.89 bits per heavy atom. The van der Waals surface area contributed by atoms with Gasteiger partial charge in [0.1, 0.15) is 11.6 Å².